The Morgan fingerprint density at radius 2 is 1.76 bits per heavy atom. The number of carbonyl (C=O) groups excluding carboxylic acids is 1. The van der Waals surface area contributed by atoms with Gasteiger partial charge in [0.1, 0.15) is 5.82 Å². The molecule has 0 spiro atoms. The average Bonchev–Trinajstić information content (AvgIpc) is 2.71. The van der Waals surface area contributed by atoms with E-state index in [-0.39, 0.29) is 23.0 Å². The molecule has 2 amide bonds. The lowest BCUT2D eigenvalue weighted by Crippen LogP contribution is -2.50. The van der Waals surface area contributed by atoms with Gasteiger partial charge >= 0.3 is 6.03 Å². The second-order valence-electron chi connectivity index (χ2n) is 10.3. The van der Waals surface area contributed by atoms with E-state index in [2.05, 4.69) is 25.2 Å². The minimum atomic E-state index is -0.423. The Bertz CT molecular complexity index is 1220. The van der Waals surface area contributed by atoms with E-state index in [4.69, 9.17) is 4.98 Å². The monoisotopic (exact) mass is 448 g/mol. The fraction of sp³-hybridized carbons (Fsp3) is 0.444. The number of nitrogens with one attached hydrogen (secondary N) is 1. The van der Waals surface area contributed by atoms with Gasteiger partial charge < -0.3 is 10.2 Å². The highest BCUT2D eigenvalue weighted by molar-refractivity contribution is 5.78. The van der Waals surface area contributed by atoms with E-state index in [9.17, 15) is 9.59 Å². The largest absolute Gasteiger partial charge is 0.333 e. The Balaban J connectivity index is 2.26. The summed E-state index contributed by atoms with van der Waals surface area (Å²) in [5.74, 6) is 0.801. The maximum absolute atomic E-state index is 13.7. The first-order chi connectivity index (χ1) is 15.4. The number of urea groups is 1. The van der Waals surface area contributed by atoms with Crippen molar-refractivity contribution in [2.45, 2.75) is 67.0 Å². The van der Waals surface area contributed by atoms with Crippen molar-refractivity contribution in [3.63, 3.8) is 0 Å². The molecule has 6 heteroatoms. The molecule has 0 bridgehead atoms. The van der Waals surface area contributed by atoms with Crippen molar-refractivity contribution in [2.75, 3.05) is 6.54 Å². The van der Waals surface area contributed by atoms with Gasteiger partial charge in [-0.15, -0.1) is 0 Å². The summed E-state index contributed by atoms with van der Waals surface area (Å²) in [6.45, 7) is 16.6. The molecule has 1 aromatic heterocycles. The number of hydrogen-bond acceptors (Lipinski definition) is 3. The summed E-state index contributed by atoms with van der Waals surface area (Å²) < 4.78 is 1.68. The van der Waals surface area contributed by atoms with E-state index < -0.39 is 6.04 Å². The normalized spacial score (nSPS) is 12.8. The Hall–Kier alpha value is -3.15. The standard InChI is InChI=1S/C27H36N4O2/c1-17(2)16-30(26(33)29-27(6,7)8)20(5)24-28-22-12-10-9-11-21(22)25(32)31(24)23-14-13-18(3)15-19(23)4/h9-15,17,20H,16H2,1-8H3,(H,29,33). The van der Waals surface area contributed by atoms with Crippen LogP contribution < -0.4 is 10.9 Å². The van der Waals surface area contributed by atoms with Crippen LogP contribution in [0, 0.1) is 19.8 Å². The van der Waals surface area contributed by atoms with Crippen LogP contribution in [0.15, 0.2) is 47.3 Å². The zero-order valence-corrected chi connectivity index (χ0v) is 21.1. The van der Waals surface area contributed by atoms with Gasteiger partial charge in [-0.3, -0.25) is 9.36 Å². The number of amides is 2. The second-order valence-corrected chi connectivity index (χ2v) is 10.3. The van der Waals surface area contributed by atoms with Crippen LogP contribution in [0.2, 0.25) is 0 Å². The minimum absolute atomic E-state index is 0.130. The molecule has 0 saturated heterocycles. The molecule has 33 heavy (non-hydrogen) atoms. The van der Waals surface area contributed by atoms with Crippen LogP contribution >= 0.6 is 0 Å². The predicted octanol–water partition coefficient (Wildman–Crippen LogP) is 5.53. The topological polar surface area (TPSA) is 67.2 Å². The van der Waals surface area contributed by atoms with Gasteiger partial charge in [-0.2, -0.15) is 0 Å². The maximum Gasteiger partial charge on any atom is 0.318 e. The van der Waals surface area contributed by atoms with Gasteiger partial charge in [-0.25, -0.2) is 9.78 Å². The van der Waals surface area contributed by atoms with Gasteiger partial charge in [-0.1, -0.05) is 43.7 Å². The molecule has 1 heterocycles. The van der Waals surface area contributed by atoms with Crippen LogP contribution in [0.25, 0.3) is 16.6 Å². The first-order valence-electron chi connectivity index (χ1n) is 11.6. The minimum Gasteiger partial charge on any atom is -0.333 e. The summed E-state index contributed by atoms with van der Waals surface area (Å²) in [5, 5.41) is 3.64. The van der Waals surface area contributed by atoms with Gasteiger partial charge in [0, 0.05) is 12.1 Å². The lowest BCUT2D eigenvalue weighted by Gasteiger charge is -2.34. The number of aromatic nitrogens is 2. The molecule has 0 saturated carbocycles. The molecule has 0 fully saturated rings. The molecule has 2 aromatic carbocycles. The fourth-order valence-corrected chi connectivity index (χ4v) is 4.06. The van der Waals surface area contributed by atoms with Crippen LogP contribution in [0.3, 0.4) is 0 Å². The van der Waals surface area contributed by atoms with Crippen molar-refractivity contribution in [3.05, 3.63) is 69.8 Å². The molecule has 1 atom stereocenters. The number of aryl methyl sites for hydroxylation is 2. The summed E-state index contributed by atoms with van der Waals surface area (Å²) in [4.78, 5) is 33.8. The number of para-hydroxylation sites is 1. The zero-order valence-electron chi connectivity index (χ0n) is 21.1. The molecule has 6 nitrogen and oxygen atoms in total. The molecule has 1 N–H and O–H groups in total. The molecule has 1 unspecified atom stereocenters. The van der Waals surface area contributed by atoms with Crippen LogP contribution in [-0.2, 0) is 0 Å². The van der Waals surface area contributed by atoms with Gasteiger partial charge in [0.25, 0.3) is 5.56 Å². The van der Waals surface area contributed by atoms with Gasteiger partial charge in [0.15, 0.2) is 0 Å². The molecule has 0 aliphatic carbocycles. The van der Waals surface area contributed by atoms with E-state index in [1.807, 2.05) is 71.9 Å². The predicted molar refractivity (Wildman–Crippen MR) is 135 cm³/mol. The third kappa shape index (κ3) is 5.44. The van der Waals surface area contributed by atoms with Crippen molar-refractivity contribution in [2.24, 2.45) is 5.92 Å². The Morgan fingerprint density at radius 3 is 2.36 bits per heavy atom. The highest BCUT2D eigenvalue weighted by Crippen LogP contribution is 2.26. The molecule has 0 aliphatic heterocycles. The number of nitrogens with zero attached hydrogens (tertiary/aromatic N) is 3. The lowest BCUT2D eigenvalue weighted by molar-refractivity contribution is 0.158. The number of rotatable bonds is 5. The smallest absolute Gasteiger partial charge is 0.318 e. The first kappa shape index (κ1) is 24.5. The Kier molecular flexibility index (Phi) is 6.96. The second kappa shape index (κ2) is 9.38. The molecule has 0 radical (unpaired) electrons. The number of fused-ring (bicyclic) bond motifs is 1. The van der Waals surface area contributed by atoms with Crippen LogP contribution in [0.1, 0.15) is 64.5 Å². The Labute approximate surface area is 196 Å². The fourth-order valence-electron chi connectivity index (χ4n) is 4.06. The molecular formula is C27H36N4O2. The molecular weight excluding hydrogens is 412 g/mol. The quantitative estimate of drug-likeness (QED) is 0.558. The van der Waals surface area contributed by atoms with Crippen molar-refractivity contribution in [1.82, 2.24) is 19.8 Å². The molecule has 0 aliphatic rings. The van der Waals surface area contributed by atoms with Crippen molar-refractivity contribution < 1.29 is 4.79 Å². The van der Waals surface area contributed by atoms with Gasteiger partial charge in [0.2, 0.25) is 0 Å². The highest BCUT2D eigenvalue weighted by atomic mass is 16.2. The summed E-state index contributed by atoms with van der Waals surface area (Å²) in [6.07, 6.45) is 0. The van der Waals surface area contributed by atoms with E-state index in [1.54, 1.807) is 15.5 Å². The van der Waals surface area contributed by atoms with E-state index in [1.165, 1.54) is 0 Å². The number of carbonyl (C=O) groups is 1. The molecule has 3 rings (SSSR count). The van der Waals surface area contributed by atoms with E-state index >= 15 is 0 Å². The summed E-state index contributed by atoms with van der Waals surface area (Å²) in [7, 11) is 0. The van der Waals surface area contributed by atoms with Gasteiger partial charge in [0.05, 0.1) is 22.6 Å². The third-order valence-corrected chi connectivity index (χ3v) is 5.54. The first-order valence-corrected chi connectivity index (χ1v) is 11.6. The summed E-state index contributed by atoms with van der Waals surface area (Å²) in [5.41, 5.74) is 3.01. The summed E-state index contributed by atoms with van der Waals surface area (Å²) in [6, 6.07) is 12.8. The van der Waals surface area contributed by atoms with Crippen molar-refractivity contribution >= 4 is 16.9 Å². The third-order valence-electron chi connectivity index (χ3n) is 5.54. The molecule has 176 valence electrons. The zero-order chi connectivity index (χ0) is 24.5. The van der Waals surface area contributed by atoms with Crippen molar-refractivity contribution in [3.8, 4) is 5.69 Å². The van der Waals surface area contributed by atoms with Crippen LogP contribution in [0.5, 0.6) is 0 Å². The number of hydrogen-bond donors (Lipinski definition) is 1. The highest BCUT2D eigenvalue weighted by Gasteiger charge is 2.29. The molecule has 3 aromatic rings. The summed E-state index contributed by atoms with van der Waals surface area (Å²) >= 11 is 0. The Morgan fingerprint density at radius 1 is 1.09 bits per heavy atom. The van der Waals surface area contributed by atoms with Gasteiger partial charge in [-0.05, 0) is 71.2 Å². The maximum atomic E-state index is 13.7. The van der Waals surface area contributed by atoms with E-state index in [0.29, 0.717) is 23.3 Å². The average molecular weight is 449 g/mol. The SMILES string of the molecule is Cc1ccc(-n2c(C(C)N(CC(C)C)C(=O)NC(C)(C)C)nc3ccccc3c2=O)c(C)c1. The lowest BCUT2D eigenvalue weighted by atomic mass is 10.1. The van der Waals surface area contributed by atoms with E-state index in [0.717, 1.165) is 16.8 Å². The van der Waals surface area contributed by atoms with Crippen LogP contribution in [-0.4, -0.2) is 32.6 Å². The van der Waals surface area contributed by atoms with Crippen LogP contribution in [0.4, 0.5) is 4.79 Å². The van der Waals surface area contributed by atoms with Crippen molar-refractivity contribution in [1.29, 1.82) is 0 Å². The number of benzene rings is 2.